The number of H-pyrrole nitrogens is 1. The lowest BCUT2D eigenvalue weighted by Crippen LogP contribution is -2.17. The molecule has 2 N–H and O–H groups in total. The first-order valence-electron chi connectivity index (χ1n) is 5.11. The molecule has 0 spiro atoms. The molecule has 1 aromatic carbocycles. The number of nitrogens with zero attached hydrogens (tertiary/aromatic N) is 3. The van der Waals surface area contributed by atoms with E-state index in [-0.39, 0.29) is 11.7 Å². The average Bonchev–Trinajstić information content (AvgIpc) is 2.83. The number of anilines is 2. The quantitative estimate of drug-likeness (QED) is 0.830. The van der Waals surface area contributed by atoms with Crippen molar-refractivity contribution in [1.82, 2.24) is 15.2 Å². The van der Waals surface area contributed by atoms with Gasteiger partial charge in [-0.25, -0.2) is 4.98 Å². The van der Waals surface area contributed by atoms with Gasteiger partial charge in [0.15, 0.2) is 0 Å². The first kappa shape index (κ1) is 11.1. The van der Waals surface area contributed by atoms with Crippen molar-refractivity contribution in [1.29, 1.82) is 0 Å². The molecule has 6 heteroatoms. The summed E-state index contributed by atoms with van der Waals surface area (Å²) in [4.78, 5) is 17.5. The maximum absolute atomic E-state index is 11.8. The number of rotatable bonds is 3. The Bertz CT molecular complexity index is 506. The van der Waals surface area contributed by atoms with Crippen LogP contribution in [0.5, 0.6) is 0 Å². The predicted octanol–water partition coefficient (Wildman–Crippen LogP) is 1.12. The first-order chi connectivity index (χ1) is 8.18. The highest BCUT2D eigenvalue weighted by Gasteiger charge is 2.11. The van der Waals surface area contributed by atoms with Crippen molar-refractivity contribution in [3.8, 4) is 0 Å². The average molecular weight is 231 g/mol. The monoisotopic (exact) mass is 231 g/mol. The van der Waals surface area contributed by atoms with Crippen LogP contribution in [-0.2, 0) is 0 Å². The first-order valence-corrected chi connectivity index (χ1v) is 5.11. The van der Waals surface area contributed by atoms with E-state index in [9.17, 15) is 4.79 Å². The summed E-state index contributed by atoms with van der Waals surface area (Å²) in [6.45, 7) is 0. The Kier molecular flexibility index (Phi) is 3.04. The van der Waals surface area contributed by atoms with Crippen LogP contribution in [0, 0.1) is 0 Å². The number of aromatic nitrogens is 3. The van der Waals surface area contributed by atoms with Crippen molar-refractivity contribution in [2.24, 2.45) is 0 Å². The van der Waals surface area contributed by atoms with Crippen LogP contribution in [0.3, 0.4) is 0 Å². The number of carbonyl (C=O) groups is 1. The maximum atomic E-state index is 11.8. The maximum Gasteiger partial charge on any atom is 0.293 e. The fraction of sp³-hybridized carbons (Fsp3) is 0.182. The zero-order valence-corrected chi connectivity index (χ0v) is 9.64. The van der Waals surface area contributed by atoms with Gasteiger partial charge in [0, 0.05) is 14.1 Å². The summed E-state index contributed by atoms with van der Waals surface area (Å²) in [6.07, 6.45) is 1.30. The second-order valence-corrected chi connectivity index (χ2v) is 3.70. The molecule has 6 nitrogen and oxygen atoms in total. The minimum Gasteiger partial charge on any atom is -0.376 e. The molecule has 0 bridgehead atoms. The molecule has 0 radical (unpaired) electrons. The van der Waals surface area contributed by atoms with E-state index in [0.29, 0.717) is 0 Å². The molecule has 0 saturated carbocycles. The highest BCUT2D eigenvalue weighted by atomic mass is 16.2. The molecule has 1 amide bonds. The number of hydrogen-bond acceptors (Lipinski definition) is 4. The Morgan fingerprint density at radius 3 is 2.76 bits per heavy atom. The van der Waals surface area contributed by atoms with Gasteiger partial charge < -0.3 is 10.2 Å². The minimum absolute atomic E-state index is 0.193. The molecule has 1 heterocycles. The lowest BCUT2D eigenvalue weighted by Gasteiger charge is -2.17. The van der Waals surface area contributed by atoms with Gasteiger partial charge in [0.05, 0.1) is 11.4 Å². The number of nitrogens with one attached hydrogen (secondary N) is 2. The Labute approximate surface area is 98.7 Å². The summed E-state index contributed by atoms with van der Waals surface area (Å²) in [7, 11) is 3.83. The van der Waals surface area contributed by atoms with E-state index in [1.807, 2.05) is 43.3 Å². The van der Waals surface area contributed by atoms with Gasteiger partial charge in [-0.2, -0.15) is 5.10 Å². The van der Waals surface area contributed by atoms with E-state index >= 15 is 0 Å². The molecule has 88 valence electrons. The second kappa shape index (κ2) is 4.65. The van der Waals surface area contributed by atoms with E-state index in [1.54, 1.807) is 0 Å². The highest BCUT2D eigenvalue weighted by Crippen LogP contribution is 2.23. The largest absolute Gasteiger partial charge is 0.376 e. The molecule has 0 aliphatic carbocycles. The Balaban J connectivity index is 2.22. The van der Waals surface area contributed by atoms with Crippen LogP contribution in [0.2, 0.25) is 0 Å². The molecule has 1 aromatic heterocycles. The fourth-order valence-corrected chi connectivity index (χ4v) is 1.47. The van der Waals surface area contributed by atoms with Gasteiger partial charge in [0.25, 0.3) is 5.91 Å². The second-order valence-electron chi connectivity index (χ2n) is 3.70. The van der Waals surface area contributed by atoms with Crippen LogP contribution in [0.1, 0.15) is 10.6 Å². The summed E-state index contributed by atoms with van der Waals surface area (Å²) < 4.78 is 0. The van der Waals surface area contributed by atoms with Crippen LogP contribution >= 0.6 is 0 Å². The lowest BCUT2D eigenvalue weighted by atomic mass is 10.2. The number of benzene rings is 1. The molecular formula is C11H13N5O. The Morgan fingerprint density at radius 2 is 2.12 bits per heavy atom. The zero-order chi connectivity index (χ0) is 12.3. The molecule has 0 saturated heterocycles. The molecule has 0 aliphatic heterocycles. The van der Waals surface area contributed by atoms with Crippen LogP contribution in [-0.4, -0.2) is 35.2 Å². The molecule has 0 aliphatic rings. The van der Waals surface area contributed by atoms with Gasteiger partial charge in [-0.1, -0.05) is 12.1 Å². The number of carbonyl (C=O) groups excluding carboxylic acids is 1. The van der Waals surface area contributed by atoms with E-state index in [4.69, 9.17) is 0 Å². The van der Waals surface area contributed by atoms with E-state index in [0.717, 1.165) is 11.4 Å². The molecule has 0 fully saturated rings. The van der Waals surface area contributed by atoms with Gasteiger partial charge in [-0.15, -0.1) is 0 Å². The third-order valence-electron chi connectivity index (χ3n) is 2.26. The third-order valence-corrected chi connectivity index (χ3v) is 2.26. The summed E-state index contributed by atoms with van der Waals surface area (Å²) in [6, 6.07) is 7.54. The molecule has 17 heavy (non-hydrogen) atoms. The van der Waals surface area contributed by atoms with E-state index < -0.39 is 0 Å². The third kappa shape index (κ3) is 2.41. The van der Waals surface area contributed by atoms with Crippen molar-refractivity contribution in [2.75, 3.05) is 24.3 Å². The Hall–Kier alpha value is -2.37. The van der Waals surface area contributed by atoms with E-state index in [2.05, 4.69) is 20.5 Å². The predicted molar refractivity (Wildman–Crippen MR) is 65.1 cm³/mol. The number of aromatic amines is 1. The zero-order valence-electron chi connectivity index (χ0n) is 9.64. The number of amides is 1. The minimum atomic E-state index is -0.309. The number of para-hydroxylation sites is 2. The summed E-state index contributed by atoms with van der Waals surface area (Å²) in [5.74, 6) is -0.115. The van der Waals surface area contributed by atoms with Gasteiger partial charge in [0.1, 0.15) is 6.33 Å². The van der Waals surface area contributed by atoms with Crippen molar-refractivity contribution >= 4 is 17.3 Å². The molecule has 2 aromatic rings. The van der Waals surface area contributed by atoms with Gasteiger partial charge in [0.2, 0.25) is 5.82 Å². The van der Waals surface area contributed by atoms with E-state index in [1.165, 1.54) is 6.33 Å². The van der Waals surface area contributed by atoms with Gasteiger partial charge in [-0.3, -0.25) is 9.89 Å². The SMILES string of the molecule is CN(C)c1ccccc1NC(=O)c1ncn[nH]1. The molecular weight excluding hydrogens is 218 g/mol. The summed E-state index contributed by atoms with van der Waals surface area (Å²) in [5, 5.41) is 8.93. The van der Waals surface area contributed by atoms with Crippen molar-refractivity contribution in [3.05, 3.63) is 36.4 Å². The van der Waals surface area contributed by atoms with Crippen molar-refractivity contribution in [3.63, 3.8) is 0 Å². The summed E-state index contributed by atoms with van der Waals surface area (Å²) in [5.41, 5.74) is 1.67. The van der Waals surface area contributed by atoms with Crippen LogP contribution in [0.15, 0.2) is 30.6 Å². The Morgan fingerprint density at radius 1 is 1.35 bits per heavy atom. The van der Waals surface area contributed by atoms with Crippen molar-refractivity contribution < 1.29 is 4.79 Å². The van der Waals surface area contributed by atoms with Gasteiger partial charge >= 0.3 is 0 Å². The standard InChI is InChI=1S/C11H13N5O/c1-16(2)9-6-4-3-5-8(9)14-11(17)10-12-7-13-15-10/h3-7H,1-2H3,(H,14,17)(H,12,13,15). The van der Waals surface area contributed by atoms with Crippen LogP contribution < -0.4 is 10.2 Å². The molecule has 0 unspecified atom stereocenters. The number of hydrogen-bond donors (Lipinski definition) is 2. The summed E-state index contributed by atoms with van der Waals surface area (Å²) >= 11 is 0. The van der Waals surface area contributed by atoms with Crippen LogP contribution in [0.25, 0.3) is 0 Å². The smallest absolute Gasteiger partial charge is 0.293 e. The van der Waals surface area contributed by atoms with Crippen LogP contribution in [0.4, 0.5) is 11.4 Å². The van der Waals surface area contributed by atoms with Crippen molar-refractivity contribution in [2.45, 2.75) is 0 Å². The normalized spacial score (nSPS) is 10.0. The van der Waals surface area contributed by atoms with Gasteiger partial charge in [-0.05, 0) is 12.1 Å². The highest BCUT2D eigenvalue weighted by molar-refractivity contribution is 6.03. The molecule has 2 rings (SSSR count). The topological polar surface area (TPSA) is 73.9 Å². The lowest BCUT2D eigenvalue weighted by molar-refractivity contribution is 0.101. The fourth-order valence-electron chi connectivity index (χ4n) is 1.47. The molecule has 0 atom stereocenters.